The van der Waals surface area contributed by atoms with Crippen molar-refractivity contribution in [2.24, 2.45) is 0 Å². The molecule has 1 nitrogen and oxygen atoms in total. The molecule has 2 rings (SSSR count). The van der Waals surface area contributed by atoms with E-state index >= 15 is 0 Å². The van der Waals surface area contributed by atoms with Gasteiger partial charge in [-0.25, -0.2) is 0 Å². The van der Waals surface area contributed by atoms with Crippen molar-refractivity contribution >= 4 is 22.9 Å². The number of aromatic nitrogens is 1. The number of thiophene rings is 1. The molecule has 0 atom stereocenters. The zero-order valence-corrected chi connectivity index (χ0v) is 10.5. The van der Waals surface area contributed by atoms with Crippen LogP contribution >= 0.6 is 22.9 Å². The van der Waals surface area contributed by atoms with Crippen LogP contribution in [0.25, 0.3) is 11.1 Å². The van der Waals surface area contributed by atoms with E-state index in [2.05, 4.69) is 24.9 Å². The Kier molecular flexibility index (Phi) is 2.81. The molecule has 0 saturated heterocycles. The number of halogens is 1. The molecule has 0 aliphatic heterocycles. The second kappa shape index (κ2) is 3.95. The highest BCUT2D eigenvalue weighted by Gasteiger charge is 2.07. The van der Waals surface area contributed by atoms with Crippen LogP contribution in [0.5, 0.6) is 0 Å². The zero-order valence-electron chi connectivity index (χ0n) is 8.97. The van der Waals surface area contributed by atoms with E-state index in [4.69, 9.17) is 11.6 Å². The summed E-state index contributed by atoms with van der Waals surface area (Å²) in [7, 11) is 0. The van der Waals surface area contributed by atoms with Gasteiger partial charge in [0.05, 0.1) is 10.7 Å². The van der Waals surface area contributed by atoms with Gasteiger partial charge in [-0.1, -0.05) is 11.6 Å². The van der Waals surface area contributed by atoms with Crippen molar-refractivity contribution in [2.75, 3.05) is 0 Å². The molecule has 78 valence electrons. The van der Waals surface area contributed by atoms with E-state index in [-0.39, 0.29) is 0 Å². The Morgan fingerprint density at radius 1 is 1.20 bits per heavy atom. The molecule has 2 heterocycles. The highest BCUT2D eigenvalue weighted by Crippen LogP contribution is 2.31. The van der Waals surface area contributed by atoms with Crippen LogP contribution in [0.2, 0.25) is 5.02 Å². The van der Waals surface area contributed by atoms with Crippen molar-refractivity contribution in [3.05, 3.63) is 38.8 Å². The minimum Gasteiger partial charge on any atom is -0.259 e. The van der Waals surface area contributed by atoms with Gasteiger partial charge >= 0.3 is 0 Å². The Morgan fingerprint density at radius 3 is 2.47 bits per heavy atom. The number of hydrogen-bond donors (Lipinski definition) is 0. The van der Waals surface area contributed by atoms with Gasteiger partial charge in [0.25, 0.3) is 0 Å². The summed E-state index contributed by atoms with van der Waals surface area (Å²) in [6.07, 6.45) is 1.88. The minimum absolute atomic E-state index is 0.732. The maximum Gasteiger partial charge on any atom is 0.0624 e. The molecule has 2 aromatic heterocycles. The lowest BCUT2D eigenvalue weighted by Gasteiger charge is -2.02. The highest BCUT2D eigenvalue weighted by molar-refractivity contribution is 7.12. The van der Waals surface area contributed by atoms with E-state index in [0.29, 0.717) is 0 Å². The summed E-state index contributed by atoms with van der Waals surface area (Å²) in [6, 6.07) is 4.17. The Hall–Kier alpha value is -0.860. The SMILES string of the molecule is Cc1cc(-c2cnc(C)c(Cl)c2)c(C)s1. The molecular weight excluding hydrogens is 226 g/mol. The summed E-state index contributed by atoms with van der Waals surface area (Å²) < 4.78 is 0. The number of nitrogens with zero attached hydrogens (tertiary/aromatic N) is 1. The predicted molar refractivity (Wildman–Crippen MR) is 66.8 cm³/mol. The summed E-state index contributed by atoms with van der Waals surface area (Å²) in [5.74, 6) is 0. The van der Waals surface area contributed by atoms with Crippen LogP contribution in [0.3, 0.4) is 0 Å². The van der Waals surface area contributed by atoms with E-state index in [1.165, 1.54) is 15.3 Å². The Bertz CT molecular complexity index is 502. The first kappa shape index (κ1) is 10.7. The molecule has 15 heavy (non-hydrogen) atoms. The normalized spacial score (nSPS) is 10.7. The van der Waals surface area contributed by atoms with Crippen molar-refractivity contribution in [1.82, 2.24) is 4.98 Å². The van der Waals surface area contributed by atoms with Gasteiger partial charge in [0.15, 0.2) is 0 Å². The van der Waals surface area contributed by atoms with Crippen LogP contribution < -0.4 is 0 Å². The molecular formula is C12H12ClNS. The van der Waals surface area contributed by atoms with E-state index in [1.807, 2.05) is 19.2 Å². The van der Waals surface area contributed by atoms with Crippen molar-refractivity contribution in [3.8, 4) is 11.1 Å². The van der Waals surface area contributed by atoms with Gasteiger partial charge in [-0.3, -0.25) is 4.98 Å². The van der Waals surface area contributed by atoms with Crippen LogP contribution in [0.4, 0.5) is 0 Å². The molecule has 0 N–H and O–H groups in total. The number of aryl methyl sites for hydroxylation is 3. The standard InChI is InChI=1S/C12H12ClNS/c1-7-4-11(9(3)15-7)10-5-12(13)8(2)14-6-10/h4-6H,1-3H3. The summed E-state index contributed by atoms with van der Waals surface area (Å²) in [5.41, 5.74) is 3.23. The third-order valence-corrected chi connectivity index (χ3v) is 3.73. The lowest BCUT2D eigenvalue weighted by Crippen LogP contribution is -1.84. The first-order valence-electron chi connectivity index (χ1n) is 4.77. The van der Waals surface area contributed by atoms with Crippen LogP contribution in [-0.2, 0) is 0 Å². The molecule has 2 aromatic rings. The van der Waals surface area contributed by atoms with Gasteiger partial charge in [0, 0.05) is 21.5 Å². The lowest BCUT2D eigenvalue weighted by atomic mass is 10.1. The number of rotatable bonds is 1. The van der Waals surface area contributed by atoms with Gasteiger partial charge in [0.1, 0.15) is 0 Å². The first-order valence-corrected chi connectivity index (χ1v) is 5.97. The van der Waals surface area contributed by atoms with Gasteiger partial charge < -0.3 is 0 Å². The summed E-state index contributed by atoms with van der Waals surface area (Å²) in [5, 5.41) is 0.732. The first-order chi connectivity index (χ1) is 7.08. The third-order valence-electron chi connectivity index (χ3n) is 2.38. The molecule has 0 aliphatic carbocycles. The van der Waals surface area contributed by atoms with Crippen molar-refractivity contribution in [2.45, 2.75) is 20.8 Å². The average molecular weight is 238 g/mol. The molecule has 0 spiro atoms. The number of hydrogen-bond acceptors (Lipinski definition) is 2. The largest absolute Gasteiger partial charge is 0.259 e. The van der Waals surface area contributed by atoms with Crippen molar-refractivity contribution in [1.29, 1.82) is 0 Å². The molecule has 0 bridgehead atoms. The molecule has 0 radical (unpaired) electrons. The summed E-state index contributed by atoms with van der Waals surface area (Å²) >= 11 is 7.87. The quantitative estimate of drug-likeness (QED) is 0.717. The Morgan fingerprint density at radius 2 is 1.93 bits per heavy atom. The Balaban J connectivity index is 2.54. The Labute approximate surface area is 98.7 Å². The highest BCUT2D eigenvalue weighted by atomic mass is 35.5. The summed E-state index contributed by atoms with van der Waals surface area (Å²) in [6.45, 7) is 6.16. The third kappa shape index (κ3) is 2.06. The molecule has 0 aromatic carbocycles. The van der Waals surface area contributed by atoms with Gasteiger partial charge in [-0.2, -0.15) is 0 Å². The fourth-order valence-electron chi connectivity index (χ4n) is 1.57. The fraction of sp³-hybridized carbons (Fsp3) is 0.250. The van der Waals surface area contributed by atoms with Gasteiger partial charge in [-0.15, -0.1) is 11.3 Å². The second-order valence-electron chi connectivity index (χ2n) is 3.62. The topological polar surface area (TPSA) is 12.9 Å². The van der Waals surface area contributed by atoms with Gasteiger partial charge in [0.2, 0.25) is 0 Å². The molecule has 0 fully saturated rings. The molecule has 3 heteroatoms. The van der Waals surface area contributed by atoms with Crippen LogP contribution in [0, 0.1) is 20.8 Å². The summed E-state index contributed by atoms with van der Waals surface area (Å²) in [4.78, 5) is 6.91. The smallest absolute Gasteiger partial charge is 0.0624 e. The maximum atomic E-state index is 6.06. The maximum absolute atomic E-state index is 6.06. The predicted octanol–water partition coefficient (Wildman–Crippen LogP) is 4.39. The average Bonchev–Trinajstić information content (AvgIpc) is 2.50. The molecule has 0 unspecified atom stereocenters. The van der Waals surface area contributed by atoms with Crippen LogP contribution in [-0.4, -0.2) is 4.98 Å². The monoisotopic (exact) mass is 237 g/mol. The van der Waals surface area contributed by atoms with Crippen molar-refractivity contribution in [3.63, 3.8) is 0 Å². The van der Waals surface area contributed by atoms with E-state index < -0.39 is 0 Å². The van der Waals surface area contributed by atoms with Crippen LogP contribution in [0.1, 0.15) is 15.4 Å². The fourth-order valence-corrected chi connectivity index (χ4v) is 2.68. The number of pyridine rings is 1. The minimum atomic E-state index is 0.732. The molecule has 0 amide bonds. The van der Waals surface area contributed by atoms with Gasteiger partial charge in [-0.05, 0) is 38.5 Å². The zero-order chi connectivity index (χ0) is 11.0. The molecule has 0 aliphatic rings. The molecule has 0 saturated carbocycles. The van der Waals surface area contributed by atoms with E-state index in [1.54, 1.807) is 11.3 Å². The van der Waals surface area contributed by atoms with E-state index in [0.717, 1.165) is 16.3 Å². The lowest BCUT2D eigenvalue weighted by molar-refractivity contribution is 1.20. The van der Waals surface area contributed by atoms with Crippen LogP contribution in [0.15, 0.2) is 18.3 Å². The second-order valence-corrected chi connectivity index (χ2v) is 5.49. The van der Waals surface area contributed by atoms with E-state index in [9.17, 15) is 0 Å². The van der Waals surface area contributed by atoms with Crippen molar-refractivity contribution < 1.29 is 0 Å².